The van der Waals surface area contributed by atoms with E-state index in [2.05, 4.69) is 41.5 Å². The van der Waals surface area contributed by atoms with Crippen LogP contribution in [0.15, 0.2) is 0 Å². The van der Waals surface area contributed by atoms with E-state index in [-0.39, 0.29) is 0 Å². The predicted octanol–water partition coefficient (Wildman–Crippen LogP) is 3.87. The van der Waals surface area contributed by atoms with Crippen LogP contribution in [0, 0.1) is 17.3 Å². The van der Waals surface area contributed by atoms with E-state index in [1.807, 2.05) is 0 Å². The van der Waals surface area contributed by atoms with Gasteiger partial charge in [0.25, 0.3) is 0 Å². The Bertz CT molecular complexity index is 180. The lowest BCUT2D eigenvalue weighted by atomic mass is 9.84. The normalized spacial score (nSPS) is 31.3. The average Bonchev–Trinajstić information content (AvgIpc) is 2.81. The fourth-order valence-electron chi connectivity index (χ4n) is 2.09. The van der Waals surface area contributed by atoms with Crippen molar-refractivity contribution in [1.82, 2.24) is 0 Å². The summed E-state index contributed by atoms with van der Waals surface area (Å²) in [4.78, 5) is 0. The van der Waals surface area contributed by atoms with Gasteiger partial charge in [-0.1, -0.05) is 48.0 Å². The van der Waals surface area contributed by atoms with E-state index in [0.29, 0.717) is 17.6 Å². The van der Waals surface area contributed by atoms with Crippen LogP contribution in [-0.2, 0) is 4.74 Å². The van der Waals surface area contributed by atoms with Crippen LogP contribution in [-0.4, -0.2) is 12.2 Å². The average molecular weight is 198 g/mol. The zero-order valence-electron chi connectivity index (χ0n) is 10.6. The van der Waals surface area contributed by atoms with Gasteiger partial charge in [-0.05, 0) is 23.7 Å². The summed E-state index contributed by atoms with van der Waals surface area (Å²) in [6.07, 6.45) is 3.58. The summed E-state index contributed by atoms with van der Waals surface area (Å²) in [6.45, 7) is 13.8. The van der Waals surface area contributed by atoms with Crippen molar-refractivity contribution in [3.8, 4) is 0 Å². The molecule has 4 unspecified atom stereocenters. The first-order valence-electron chi connectivity index (χ1n) is 6.01. The fraction of sp³-hybridized carbons (Fsp3) is 1.00. The summed E-state index contributed by atoms with van der Waals surface area (Å²) < 4.78 is 5.75. The molecular weight excluding hydrogens is 172 g/mol. The van der Waals surface area contributed by atoms with Gasteiger partial charge in [0, 0.05) is 0 Å². The Kier molecular flexibility index (Phi) is 3.63. The van der Waals surface area contributed by atoms with Crippen LogP contribution in [0.2, 0.25) is 0 Å². The van der Waals surface area contributed by atoms with E-state index < -0.39 is 0 Å². The second-order valence-electron chi connectivity index (χ2n) is 6.06. The topological polar surface area (TPSA) is 12.5 Å². The lowest BCUT2D eigenvalue weighted by Gasteiger charge is -2.18. The molecule has 0 radical (unpaired) electrons. The van der Waals surface area contributed by atoms with Crippen molar-refractivity contribution in [2.75, 3.05) is 0 Å². The molecule has 84 valence electrons. The second-order valence-corrected chi connectivity index (χ2v) is 6.06. The van der Waals surface area contributed by atoms with Gasteiger partial charge < -0.3 is 4.74 Å². The summed E-state index contributed by atoms with van der Waals surface area (Å²) in [6, 6.07) is 0. The minimum Gasteiger partial charge on any atom is -0.369 e. The third-order valence-electron chi connectivity index (χ3n) is 3.66. The quantitative estimate of drug-likeness (QED) is 0.625. The minimum absolute atomic E-state index is 0.333. The molecule has 0 amide bonds. The van der Waals surface area contributed by atoms with Gasteiger partial charge in [-0.25, -0.2) is 0 Å². The number of hydrogen-bond acceptors (Lipinski definition) is 1. The van der Waals surface area contributed by atoms with Crippen LogP contribution in [0.3, 0.4) is 0 Å². The largest absolute Gasteiger partial charge is 0.369 e. The van der Waals surface area contributed by atoms with Crippen LogP contribution in [0.5, 0.6) is 0 Å². The van der Waals surface area contributed by atoms with Gasteiger partial charge in [-0.15, -0.1) is 0 Å². The van der Waals surface area contributed by atoms with Crippen molar-refractivity contribution in [3.05, 3.63) is 0 Å². The molecule has 0 N–H and O–H groups in total. The Hall–Kier alpha value is -0.0400. The van der Waals surface area contributed by atoms with Crippen molar-refractivity contribution in [3.63, 3.8) is 0 Å². The zero-order chi connectivity index (χ0) is 10.9. The third kappa shape index (κ3) is 2.98. The molecule has 1 aliphatic rings. The maximum Gasteiger partial charge on any atom is 0.0890 e. The number of rotatable bonds is 4. The molecule has 1 rings (SSSR count). The Morgan fingerprint density at radius 1 is 1.14 bits per heavy atom. The van der Waals surface area contributed by atoms with Gasteiger partial charge >= 0.3 is 0 Å². The maximum absolute atomic E-state index is 5.75. The smallest absolute Gasteiger partial charge is 0.0890 e. The van der Waals surface area contributed by atoms with E-state index in [1.54, 1.807) is 0 Å². The van der Waals surface area contributed by atoms with Crippen LogP contribution in [0.1, 0.15) is 54.4 Å². The van der Waals surface area contributed by atoms with E-state index in [9.17, 15) is 0 Å². The standard InChI is InChI=1S/C13H26O/c1-7-9(2)10(3)8-11-12(14-11)13(4,5)6/h9-12H,7-8H2,1-6H3. The summed E-state index contributed by atoms with van der Waals surface area (Å²) in [5, 5.41) is 0. The lowest BCUT2D eigenvalue weighted by Crippen LogP contribution is -2.18. The fourth-order valence-corrected chi connectivity index (χ4v) is 2.09. The van der Waals surface area contributed by atoms with Gasteiger partial charge in [0.05, 0.1) is 12.2 Å². The first-order valence-corrected chi connectivity index (χ1v) is 6.01. The molecule has 0 bridgehead atoms. The SMILES string of the molecule is CCC(C)C(C)CC1OC1C(C)(C)C. The summed E-state index contributed by atoms with van der Waals surface area (Å²) in [5.41, 5.74) is 0.333. The number of epoxide rings is 1. The maximum atomic E-state index is 5.75. The Balaban J connectivity index is 2.29. The Labute approximate surface area is 89.2 Å². The van der Waals surface area contributed by atoms with Crippen molar-refractivity contribution in [1.29, 1.82) is 0 Å². The van der Waals surface area contributed by atoms with Crippen molar-refractivity contribution >= 4 is 0 Å². The molecular formula is C13H26O. The molecule has 0 spiro atoms. The second kappa shape index (κ2) is 4.22. The number of ether oxygens (including phenoxy) is 1. The van der Waals surface area contributed by atoms with Gasteiger partial charge in [-0.3, -0.25) is 0 Å². The molecule has 0 aromatic rings. The van der Waals surface area contributed by atoms with Gasteiger partial charge in [0.2, 0.25) is 0 Å². The molecule has 1 nitrogen and oxygen atoms in total. The Morgan fingerprint density at radius 3 is 2.07 bits per heavy atom. The summed E-state index contributed by atoms with van der Waals surface area (Å²) in [5.74, 6) is 1.64. The summed E-state index contributed by atoms with van der Waals surface area (Å²) in [7, 11) is 0. The predicted molar refractivity (Wildman–Crippen MR) is 61.4 cm³/mol. The van der Waals surface area contributed by atoms with Crippen molar-refractivity contribution < 1.29 is 4.74 Å². The molecule has 0 aromatic carbocycles. The minimum atomic E-state index is 0.333. The monoisotopic (exact) mass is 198 g/mol. The molecule has 4 atom stereocenters. The highest BCUT2D eigenvalue weighted by molar-refractivity contribution is 4.94. The van der Waals surface area contributed by atoms with Gasteiger partial charge in [-0.2, -0.15) is 0 Å². The molecule has 0 aliphatic carbocycles. The molecule has 1 aliphatic heterocycles. The van der Waals surface area contributed by atoms with Crippen LogP contribution < -0.4 is 0 Å². The van der Waals surface area contributed by atoms with Crippen molar-refractivity contribution in [2.24, 2.45) is 17.3 Å². The highest BCUT2D eigenvalue weighted by Gasteiger charge is 2.47. The van der Waals surface area contributed by atoms with E-state index >= 15 is 0 Å². The van der Waals surface area contributed by atoms with Crippen LogP contribution in [0.4, 0.5) is 0 Å². The molecule has 1 saturated heterocycles. The van der Waals surface area contributed by atoms with Crippen molar-refractivity contribution in [2.45, 2.75) is 66.6 Å². The third-order valence-corrected chi connectivity index (χ3v) is 3.66. The number of hydrogen-bond donors (Lipinski definition) is 0. The van der Waals surface area contributed by atoms with Gasteiger partial charge in [0.15, 0.2) is 0 Å². The molecule has 1 heterocycles. The first kappa shape index (κ1) is 12.0. The molecule has 0 aromatic heterocycles. The van der Waals surface area contributed by atoms with Crippen LogP contribution >= 0.6 is 0 Å². The molecule has 1 heteroatoms. The first-order chi connectivity index (χ1) is 6.36. The highest BCUT2D eigenvalue weighted by atomic mass is 16.6. The highest BCUT2D eigenvalue weighted by Crippen LogP contribution is 2.42. The molecule has 0 saturated carbocycles. The molecule has 1 fully saturated rings. The zero-order valence-corrected chi connectivity index (χ0v) is 10.6. The summed E-state index contributed by atoms with van der Waals surface area (Å²) >= 11 is 0. The van der Waals surface area contributed by atoms with E-state index in [0.717, 1.165) is 11.8 Å². The van der Waals surface area contributed by atoms with E-state index in [1.165, 1.54) is 12.8 Å². The van der Waals surface area contributed by atoms with Gasteiger partial charge in [0.1, 0.15) is 0 Å². The van der Waals surface area contributed by atoms with E-state index in [4.69, 9.17) is 4.74 Å². The molecule has 14 heavy (non-hydrogen) atoms. The lowest BCUT2D eigenvalue weighted by molar-refractivity contribution is 0.252. The Morgan fingerprint density at radius 2 is 1.71 bits per heavy atom. The van der Waals surface area contributed by atoms with Crippen LogP contribution in [0.25, 0.3) is 0 Å².